The molecular formula is C19H30N4O3. The first-order valence-corrected chi connectivity index (χ1v) is 9.26. The fraction of sp³-hybridized carbons (Fsp3) is 0.579. The SMILES string of the molecule is CN=C(NCCCOCC1CCCO1)NCCNC(=O)c1ccccc1. The molecule has 7 nitrogen and oxygen atoms in total. The summed E-state index contributed by atoms with van der Waals surface area (Å²) in [5.74, 6) is 0.650. The molecule has 0 aromatic heterocycles. The quantitative estimate of drug-likeness (QED) is 0.331. The number of nitrogens with one attached hydrogen (secondary N) is 3. The molecule has 1 aliphatic heterocycles. The molecule has 0 bridgehead atoms. The van der Waals surface area contributed by atoms with Crippen molar-refractivity contribution in [2.24, 2.45) is 4.99 Å². The van der Waals surface area contributed by atoms with Crippen LogP contribution in [-0.4, -0.2) is 64.5 Å². The Kier molecular flexibility index (Phi) is 9.53. The van der Waals surface area contributed by atoms with Crippen molar-refractivity contribution in [3.8, 4) is 0 Å². The number of carbonyl (C=O) groups excluding carboxylic acids is 1. The minimum Gasteiger partial charge on any atom is -0.379 e. The highest BCUT2D eigenvalue weighted by Crippen LogP contribution is 2.11. The summed E-state index contributed by atoms with van der Waals surface area (Å²) in [5.41, 5.74) is 0.665. The van der Waals surface area contributed by atoms with Crippen molar-refractivity contribution < 1.29 is 14.3 Å². The van der Waals surface area contributed by atoms with E-state index in [9.17, 15) is 4.79 Å². The summed E-state index contributed by atoms with van der Waals surface area (Å²) in [4.78, 5) is 16.1. The topological polar surface area (TPSA) is 84.0 Å². The predicted octanol–water partition coefficient (Wildman–Crippen LogP) is 1.17. The third-order valence-corrected chi connectivity index (χ3v) is 4.05. The van der Waals surface area contributed by atoms with Gasteiger partial charge in [0.05, 0.1) is 12.7 Å². The largest absolute Gasteiger partial charge is 0.379 e. The highest BCUT2D eigenvalue weighted by Gasteiger charge is 2.14. The standard InChI is InChI=1S/C19H30N4O3/c1-20-19(22-10-6-13-25-15-17-9-5-14-26-17)23-12-11-21-18(24)16-7-3-2-4-8-16/h2-4,7-8,17H,5-6,9-15H2,1H3,(H,21,24)(H2,20,22,23). The second-order valence-corrected chi connectivity index (χ2v) is 6.11. The van der Waals surface area contributed by atoms with Gasteiger partial charge in [-0.05, 0) is 31.4 Å². The van der Waals surface area contributed by atoms with Gasteiger partial charge in [0.15, 0.2) is 5.96 Å². The molecule has 1 unspecified atom stereocenters. The lowest BCUT2D eigenvalue weighted by Crippen LogP contribution is -2.42. The van der Waals surface area contributed by atoms with Crippen LogP contribution in [0, 0.1) is 0 Å². The molecule has 1 heterocycles. The van der Waals surface area contributed by atoms with Crippen molar-refractivity contribution in [2.75, 3.05) is 46.5 Å². The van der Waals surface area contributed by atoms with E-state index >= 15 is 0 Å². The van der Waals surface area contributed by atoms with E-state index in [1.807, 2.05) is 18.2 Å². The van der Waals surface area contributed by atoms with Gasteiger partial charge in [0.1, 0.15) is 0 Å². The minimum absolute atomic E-state index is 0.0706. The minimum atomic E-state index is -0.0706. The summed E-state index contributed by atoms with van der Waals surface area (Å²) in [6.07, 6.45) is 3.43. The Morgan fingerprint density at radius 2 is 1.96 bits per heavy atom. The number of benzene rings is 1. The highest BCUT2D eigenvalue weighted by molar-refractivity contribution is 5.94. The third kappa shape index (κ3) is 7.84. The zero-order chi connectivity index (χ0) is 18.5. The predicted molar refractivity (Wildman–Crippen MR) is 103 cm³/mol. The Bertz CT molecular complexity index is 545. The molecule has 1 fully saturated rings. The van der Waals surface area contributed by atoms with Crippen LogP contribution in [0.4, 0.5) is 0 Å². The van der Waals surface area contributed by atoms with Gasteiger partial charge in [-0.1, -0.05) is 18.2 Å². The van der Waals surface area contributed by atoms with Crippen molar-refractivity contribution in [2.45, 2.75) is 25.4 Å². The molecule has 7 heteroatoms. The molecule has 0 radical (unpaired) electrons. The Labute approximate surface area is 155 Å². The molecule has 144 valence electrons. The zero-order valence-corrected chi connectivity index (χ0v) is 15.5. The Hall–Kier alpha value is -2.12. The van der Waals surface area contributed by atoms with Gasteiger partial charge in [-0.3, -0.25) is 9.79 Å². The Morgan fingerprint density at radius 1 is 1.19 bits per heavy atom. The summed E-state index contributed by atoms with van der Waals surface area (Å²) in [5, 5.41) is 9.28. The summed E-state index contributed by atoms with van der Waals surface area (Å²) in [7, 11) is 1.73. The summed E-state index contributed by atoms with van der Waals surface area (Å²) >= 11 is 0. The summed E-state index contributed by atoms with van der Waals surface area (Å²) in [6.45, 7) is 4.17. The summed E-state index contributed by atoms with van der Waals surface area (Å²) < 4.78 is 11.1. The van der Waals surface area contributed by atoms with Crippen LogP contribution in [0.5, 0.6) is 0 Å². The van der Waals surface area contributed by atoms with E-state index in [0.717, 1.165) is 38.4 Å². The number of aliphatic imine (C=N–C) groups is 1. The smallest absolute Gasteiger partial charge is 0.251 e. The van der Waals surface area contributed by atoms with Crippen molar-refractivity contribution in [3.05, 3.63) is 35.9 Å². The first kappa shape index (κ1) is 20.2. The lowest BCUT2D eigenvalue weighted by molar-refractivity contribution is 0.0168. The Morgan fingerprint density at radius 3 is 2.69 bits per heavy atom. The number of hydrogen-bond donors (Lipinski definition) is 3. The normalized spacial score (nSPS) is 17.1. The molecule has 0 saturated carbocycles. The summed E-state index contributed by atoms with van der Waals surface area (Å²) in [6, 6.07) is 9.18. The van der Waals surface area contributed by atoms with Gasteiger partial charge in [-0.15, -0.1) is 0 Å². The van der Waals surface area contributed by atoms with Crippen LogP contribution in [0.1, 0.15) is 29.6 Å². The van der Waals surface area contributed by atoms with Crippen molar-refractivity contribution in [3.63, 3.8) is 0 Å². The molecule has 26 heavy (non-hydrogen) atoms. The third-order valence-electron chi connectivity index (χ3n) is 4.05. The number of hydrogen-bond acceptors (Lipinski definition) is 4. The van der Waals surface area contributed by atoms with Crippen molar-refractivity contribution >= 4 is 11.9 Å². The van der Waals surface area contributed by atoms with Gasteiger partial charge in [0.25, 0.3) is 5.91 Å². The number of rotatable bonds is 10. The molecule has 1 amide bonds. The van der Waals surface area contributed by atoms with Crippen LogP contribution >= 0.6 is 0 Å². The molecule has 0 aliphatic carbocycles. The lowest BCUT2D eigenvalue weighted by atomic mass is 10.2. The second kappa shape index (κ2) is 12.3. The van der Waals surface area contributed by atoms with Gasteiger partial charge in [-0.25, -0.2) is 0 Å². The maximum Gasteiger partial charge on any atom is 0.251 e. The van der Waals surface area contributed by atoms with Crippen LogP contribution in [0.25, 0.3) is 0 Å². The van der Waals surface area contributed by atoms with E-state index in [1.54, 1.807) is 19.2 Å². The molecule has 1 aliphatic rings. The molecule has 1 saturated heterocycles. The number of guanidine groups is 1. The molecule has 0 spiro atoms. The van der Waals surface area contributed by atoms with Crippen LogP contribution in [0.3, 0.4) is 0 Å². The van der Waals surface area contributed by atoms with Crippen LogP contribution in [0.2, 0.25) is 0 Å². The molecular weight excluding hydrogens is 332 g/mol. The lowest BCUT2D eigenvalue weighted by Gasteiger charge is -2.13. The van der Waals surface area contributed by atoms with Gasteiger partial charge in [0.2, 0.25) is 0 Å². The van der Waals surface area contributed by atoms with Crippen LogP contribution in [-0.2, 0) is 9.47 Å². The first-order chi connectivity index (χ1) is 12.8. The molecule has 1 atom stereocenters. The van der Waals surface area contributed by atoms with Gasteiger partial charge < -0.3 is 25.4 Å². The number of carbonyl (C=O) groups is 1. The maximum absolute atomic E-state index is 11.9. The molecule has 1 aromatic carbocycles. The van der Waals surface area contributed by atoms with Crippen LogP contribution < -0.4 is 16.0 Å². The molecule has 2 rings (SSSR count). The molecule has 3 N–H and O–H groups in total. The van der Waals surface area contributed by atoms with E-state index in [1.165, 1.54) is 0 Å². The van der Waals surface area contributed by atoms with E-state index in [-0.39, 0.29) is 12.0 Å². The fourth-order valence-corrected chi connectivity index (χ4v) is 2.64. The van der Waals surface area contributed by atoms with E-state index in [0.29, 0.717) is 31.9 Å². The number of ether oxygens (including phenoxy) is 2. The average molecular weight is 362 g/mol. The maximum atomic E-state index is 11.9. The molecule has 1 aromatic rings. The first-order valence-electron chi connectivity index (χ1n) is 9.26. The fourth-order valence-electron chi connectivity index (χ4n) is 2.64. The highest BCUT2D eigenvalue weighted by atomic mass is 16.5. The van der Waals surface area contributed by atoms with Gasteiger partial charge in [-0.2, -0.15) is 0 Å². The zero-order valence-electron chi connectivity index (χ0n) is 15.5. The second-order valence-electron chi connectivity index (χ2n) is 6.11. The van der Waals surface area contributed by atoms with Gasteiger partial charge >= 0.3 is 0 Å². The van der Waals surface area contributed by atoms with E-state index in [2.05, 4.69) is 20.9 Å². The average Bonchev–Trinajstić information content (AvgIpc) is 3.20. The monoisotopic (exact) mass is 362 g/mol. The van der Waals surface area contributed by atoms with Crippen molar-refractivity contribution in [1.82, 2.24) is 16.0 Å². The Balaban J connectivity index is 1.47. The van der Waals surface area contributed by atoms with Crippen LogP contribution in [0.15, 0.2) is 35.3 Å². The van der Waals surface area contributed by atoms with Gasteiger partial charge in [0, 0.05) is 45.5 Å². The number of amides is 1. The van der Waals surface area contributed by atoms with E-state index < -0.39 is 0 Å². The van der Waals surface area contributed by atoms with Crippen molar-refractivity contribution in [1.29, 1.82) is 0 Å². The number of nitrogens with zero attached hydrogens (tertiary/aromatic N) is 1. The van der Waals surface area contributed by atoms with E-state index in [4.69, 9.17) is 9.47 Å².